The quantitative estimate of drug-likeness (QED) is 0.509. The molecule has 31 heavy (non-hydrogen) atoms. The van der Waals surface area contributed by atoms with Crippen molar-refractivity contribution < 1.29 is 27.9 Å². The summed E-state index contributed by atoms with van der Waals surface area (Å²) in [6, 6.07) is 6.94. The Balaban J connectivity index is 1.48. The van der Waals surface area contributed by atoms with Gasteiger partial charge < -0.3 is 28.1 Å². The van der Waals surface area contributed by atoms with Crippen LogP contribution < -0.4 is 14.2 Å². The molecule has 0 saturated carbocycles. The third-order valence-corrected chi connectivity index (χ3v) is 4.86. The van der Waals surface area contributed by atoms with E-state index in [2.05, 4.69) is 10.1 Å². The first-order chi connectivity index (χ1) is 15.1. The minimum atomic E-state index is -0.119. The summed E-state index contributed by atoms with van der Waals surface area (Å²) in [6.07, 6.45) is 1.55. The number of nitrogens with zero attached hydrogens (tertiary/aromatic N) is 3. The fourth-order valence-corrected chi connectivity index (χ4v) is 3.40. The van der Waals surface area contributed by atoms with Crippen molar-refractivity contribution in [1.82, 2.24) is 15.0 Å². The predicted octanol–water partition coefficient (Wildman–Crippen LogP) is 3.77. The van der Waals surface area contributed by atoms with Crippen molar-refractivity contribution >= 4 is 5.91 Å². The van der Waals surface area contributed by atoms with Crippen LogP contribution in [0.2, 0.25) is 0 Å². The summed E-state index contributed by atoms with van der Waals surface area (Å²) in [6.45, 7) is 7.98. The molecule has 1 aliphatic heterocycles. The zero-order valence-electron chi connectivity index (χ0n) is 17.8. The van der Waals surface area contributed by atoms with E-state index in [1.54, 1.807) is 35.4 Å². The van der Waals surface area contributed by atoms with Crippen LogP contribution in [0.15, 0.2) is 39.5 Å². The Morgan fingerprint density at radius 1 is 1.10 bits per heavy atom. The summed E-state index contributed by atoms with van der Waals surface area (Å²) in [5.74, 6) is 2.81. The maximum atomic E-state index is 13.1. The first kappa shape index (κ1) is 20.8. The van der Waals surface area contributed by atoms with E-state index < -0.39 is 0 Å². The van der Waals surface area contributed by atoms with E-state index in [0.29, 0.717) is 73.2 Å². The second-order valence-electron chi connectivity index (χ2n) is 6.94. The molecule has 0 aliphatic carbocycles. The summed E-state index contributed by atoms with van der Waals surface area (Å²) in [7, 11) is 0. The van der Waals surface area contributed by atoms with E-state index in [-0.39, 0.29) is 11.8 Å². The molecule has 0 spiro atoms. The zero-order chi connectivity index (χ0) is 21.8. The molecule has 3 aromatic rings. The van der Waals surface area contributed by atoms with Crippen LogP contribution in [0.4, 0.5) is 0 Å². The van der Waals surface area contributed by atoms with Crippen LogP contribution in [-0.2, 0) is 0 Å². The number of likely N-dealkylation sites (tertiary alicyclic amines) is 1. The number of amides is 1. The minimum absolute atomic E-state index is 0.0133. The molecular weight excluding hydrogens is 402 g/mol. The van der Waals surface area contributed by atoms with Gasteiger partial charge in [0, 0.05) is 18.7 Å². The van der Waals surface area contributed by atoms with Crippen molar-refractivity contribution in [3.8, 4) is 28.8 Å². The number of rotatable bonds is 9. The summed E-state index contributed by atoms with van der Waals surface area (Å²) in [5, 5.41) is 3.95. The van der Waals surface area contributed by atoms with Crippen molar-refractivity contribution in [2.45, 2.75) is 26.7 Å². The molecule has 1 aromatic carbocycles. The molecule has 9 nitrogen and oxygen atoms in total. The Kier molecular flexibility index (Phi) is 6.11. The van der Waals surface area contributed by atoms with Crippen LogP contribution in [0.5, 0.6) is 17.2 Å². The molecular formula is C22H25N3O6. The van der Waals surface area contributed by atoms with Gasteiger partial charge in [0.05, 0.1) is 32.0 Å². The molecule has 1 amide bonds. The van der Waals surface area contributed by atoms with Crippen LogP contribution >= 0.6 is 0 Å². The van der Waals surface area contributed by atoms with Crippen molar-refractivity contribution in [3.05, 3.63) is 42.0 Å². The third-order valence-electron chi connectivity index (χ3n) is 4.86. The number of benzene rings is 1. The highest BCUT2D eigenvalue weighted by Crippen LogP contribution is 2.40. The Bertz CT molecular complexity index is 997. The zero-order valence-corrected chi connectivity index (χ0v) is 17.8. The molecule has 1 fully saturated rings. The first-order valence-corrected chi connectivity index (χ1v) is 10.4. The maximum Gasteiger partial charge on any atom is 0.254 e. The van der Waals surface area contributed by atoms with Gasteiger partial charge in [0.2, 0.25) is 17.5 Å². The minimum Gasteiger partial charge on any atom is -0.490 e. The molecule has 4 rings (SSSR count). The lowest BCUT2D eigenvalue weighted by molar-refractivity contribution is 0.0568. The van der Waals surface area contributed by atoms with Gasteiger partial charge in [-0.25, -0.2) is 0 Å². The van der Waals surface area contributed by atoms with Crippen molar-refractivity contribution in [2.24, 2.45) is 0 Å². The van der Waals surface area contributed by atoms with Crippen LogP contribution in [0.3, 0.4) is 0 Å². The Labute approximate surface area is 179 Å². The van der Waals surface area contributed by atoms with Crippen LogP contribution in [0.1, 0.15) is 42.9 Å². The number of carbonyl (C=O) groups is 1. The molecule has 9 heteroatoms. The molecule has 1 aliphatic rings. The van der Waals surface area contributed by atoms with Gasteiger partial charge in [-0.3, -0.25) is 4.79 Å². The van der Waals surface area contributed by atoms with E-state index in [0.717, 1.165) is 0 Å². The van der Waals surface area contributed by atoms with Gasteiger partial charge in [-0.1, -0.05) is 5.16 Å². The first-order valence-electron chi connectivity index (χ1n) is 10.4. The van der Waals surface area contributed by atoms with Crippen LogP contribution in [-0.4, -0.2) is 53.9 Å². The molecule has 3 heterocycles. The lowest BCUT2D eigenvalue weighted by atomic mass is 9.98. The Morgan fingerprint density at radius 3 is 2.35 bits per heavy atom. The predicted molar refractivity (Wildman–Crippen MR) is 111 cm³/mol. The molecule has 164 valence electrons. The number of ether oxygens (including phenoxy) is 3. The fraction of sp³-hybridized carbons (Fsp3) is 0.409. The summed E-state index contributed by atoms with van der Waals surface area (Å²) < 4.78 is 27.8. The van der Waals surface area contributed by atoms with Gasteiger partial charge in [0.15, 0.2) is 17.3 Å². The highest BCUT2D eigenvalue weighted by Gasteiger charge is 2.37. The van der Waals surface area contributed by atoms with Gasteiger partial charge in [-0.2, -0.15) is 4.98 Å². The fourth-order valence-electron chi connectivity index (χ4n) is 3.40. The average molecular weight is 427 g/mol. The monoisotopic (exact) mass is 427 g/mol. The van der Waals surface area contributed by atoms with E-state index in [1.165, 1.54) is 0 Å². The van der Waals surface area contributed by atoms with E-state index in [9.17, 15) is 4.79 Å². The second-order valence-corrected chi connectivity index (χ2v) is 6.94. The molecule has 0 unspecified atom stereocenters. The lowest BCUT2D eigenvalue weighted by Gasteiger charge is -2.37. The summed E-state index contributed by atoms with van der Waals surface area (Å²) >= 11 is 0. The SMILES string of the molecule is CCOc1cc(C(=O)N2CC(c3nc(-c4ccco4)no3)C2)cc(OCC)c1OCC. The van der Waals surface area contributed by atoms with E-state index in [1.807, 2.05) is 20.8 Å². The molecule has 0 atom stereocenters. The second kappa shape index (κ2) is 9.11. The summed E-state index contributed by atoms with van der Waals surface area (Å²) in [5.41, 5.74) is 0.482. The third kappa shape index (κ3) is 4.21. The lowest BCUT2D eigenvalue weighted by Crippen LogP contribution is -2.48. The number of furan rings is 1. The number of carbonyl (C=O) groups excluding carboxylic acids is 1. The van der Waals surface area contributed by atoms with Crippen molar-refractivity contribution in [3.63, 3.8) is 0 Å². The van der Waals surface area contributed by atoms with Gasteiger partial charge in [-0.15, -0.1) is 0 Å². The van der Waals surface area contributed by atoms with Gasteiger partial charge in [0.25, 0.3) is 5.91 Å². The normalized spacial score (nSPS) is 13.7. The van der Waals surface area contributed by atoms with E-state index >= 15 is 0 Å². The number of aromatic nitrogens is 2. The molecule has 0 radical (unpaired) electrons. The largest absolute Gasteiger partial charge is 0.490 e. The highest BCUT2D eigenvalue weighted by atomic mass is 16.5. The molecule has 0 bridgehead atoms. The Morgan fingerprint density at radius 2 is 1.77 bits per heavy atom. The van der Waals surface area contributed by atoms with Gasteiger partial charge in [0.1, 0.15) is 0 Å². The highest BCUT2D eigenvalue weighted by molar-refractivity contribution is 5.96. The van der Waals surface area contributed by atoms with Gasteiger partial charge >= 0.3 is 0 Å². The number of hydrogen-bond donors (Lipinski definition) is 0. The Hall–Kier alpha value is -3.49. The summed E-state index contributed by atoms with van der Waals surface area (Å²) in [4.78, 5) is 19.2. The van der Waals surface area contributed by atoms with E-state index in [4.69, 9.17) is 23.2 Å². The van der Waals surface area contributed by atoms with Crippen molar-refractivity contribution in [1.29, 1.82) is 0 Å². The smallest absolute Gasteiger partial charge is 0.254 e. The molecule has 1 saturated heterocycles. The van der Waals surface area contributed by atoms with Crippen LogP contribution in [0.25, 0.3) is 11.6 Å². The maximum absolute atomic E-state index is 13.1. The van der Waals surface area contributed by atoms with Crippen LogP contribution in [0, 0.1) is 0 Å². The molecule has 0 N–H and O–H groups in total. The standard InChI is InChI=1S/C22H25N3O6/c1-4-27-17-10-14(11-18(28-5-2)19(17)29-6-3)22(26)25-12-15(13-25)21-23-20(24-31-21)16-8-7-9-30-16/h7-11,15H,4-6,12-13H2,1-3H3. The number of hydrogen-bond acceptors (Lipinski definition) is 8. The van der Waals surface area contributed by atoms with Gasteiger partial charge in [-0.05, 0) is 45.0 Å². The van der Waals surface area contributed by atoms with Crippen molar-refractivity contribution in [2.75, 3.05) is 32.9 Å². The molecule has 2 aromatic heterocycles. The topological polar surface area (TPSA) is 100 Å². The average Bonchev–Trinajstić information content (AvgIpc) is 3.41.